The lowest BCUT2D eigenvalue weighted by atomic mass is 10.1. The van der Waals surface area contributed by atoms with E-state index >= 15 is 0 Å². The van der Waals surface area contributed by atoms with Gasteiger partial charge in [-0.05, 0) is 42.6 Å². The molecule has 0 aliphatic carbocycles. The van der Waals surface area contributed by atoms with Gasteiger partial charge in [0.2, 0.25) is 11.0 Å². The van der Waals surface area contributed by atoms with Crippen LogP contribution < -0.4 is 16.0 Å². The van der Waals surface area contributed by atoms with Crippen LogP contribution in [0.15, 0.2) is 60.7 Å². The molecule has 3 aromatic rings. The Morgan fingerprint density at radius 2 is 1.68 bits per heavy atom. The van der Waals surface area contributed by atoms with Crippen molar-refractivity contribution < 1.29 is 9.59 Å². The number of aryl methyl sites for hydroxylation is 1. The molecular weight excluding hydrogens is 430 g/mol. The highest BCUT2D eigenvalue weighted by Crippen LogP contribution is 2.11. The predicted molar refractivity (Wildman–Crippen MR) is 126 cm³/mol. The highest BCUT2D eigenvalue weighted by atomic mass is 32.1. The lowest BCUT2D eigenvalue weighted by Gasteiger charge is -2.18. The summed E-state index contributed by atoms with van der Waals surface area (Å²) in [5, 5.41) is 15.2. The summed E-state index contributed by atoms with van der Waals surface area (Å²) in [5.41, 5.74) is 2.25. The number of hydrogen-bond donors (Lipinski definition) is 4. The summed E-state index contributed by atoms with van der Waals surface area (Å²) < 4.78 is 0.462. The minimum Gasteiger partial charge on any atom is -0.354 e. The number of unbranched alkanes of at least 4 members (excludes halogenated alkanes) is 1. The third-order valence-electron chi connectivity index (χ3n) is 4.60. The summed E-state index contributed by atoms with van der Waals surface area (Å²) in [7, 11) is 0. The average Bonchev–Trinajstić information content (AvgIpc) is 3.18. The zero-order valence-electron chi connectivity index (χ0n) is 17.0. The Kier molecular flexibility index (Phi) is 8.74. The first-order valence-corrected chi connectivity index (χ1v) is 11.3. The standard InChI is InChI=1S/C22H25N5O2S2/c28-19(23-14-8-7-11-16-9-3-1-4-10-16)18(15-17-12-5-2-6-13-17)24-20(29)25-21-26-27-22(30)31-21/h1-6,9-10,12-13,18H,7-8,11,14-15H2,(H,23,28)(H,27,30)(H2,24,25,26,29)/t18-/m0/s1. The van der Waals surface area contributed by atoms with E-state index in [9.17, 15) is 9.59 Å². The fourth-order valence-corrected chi connectivity index (χ4v) is 3.85. The average molecular weight is 456 g/mol. The van der Waals surface area contributed by atoms with E-state index in [1.165, 1.54) is 5.56 Å². The van der Waals surface area contributed by atoms with Gasteiger partial charge in [-0.25, -0.2) is 4.79 Å². The summed E-state index contributed by atoms with van der Waals surface area (Å²) >= 11 is 6.12. The lowest BCUT2D eigenvalue weighted by Crippen LogP contribution is -2.49. The van der Waals surface area contributed by atoms with E-state index in [0.717, 1.165) is 36.2 Å². The van der Waals surface area contributed by atoms with Gasteiger partial charge in [0.15, 0.2) is 3.95 Å². The van der Waals surface area contributed by atoms with Gasteiger partial charge in [0.1, 0.15) is 6.04 Å². The van der Waals surface area contributed by atoms with Gasteiger partial charge in [-0.3, -0.25) is 15.2 Å². The fourth-order valence-electron chi connectivity index (χ4n) is 3.07. The Hall–Kier alpha value is -3.04. The van der Waals surface area contributed by atoms with Gasteiger partial charge < -0.3 is 10.6 Å². The molecular formula is C22H25N5O2S2. The molecule has 162 valence electrons. The predicted octanol–water partition coefficient (Wildman–Crippen LogP) is 4.07. The number of aromatic nitrogens is 2. The van der Waals surface area contributed by atoms with Gasteiger partial charge in [0.25, 0.3) is 0 Å². The maximum Gasteiger partial charge on any atom is 0.321 e. The van der Waals surface area contributed by atoms with Crippen molar-refractivity contribution >= 4 is 40.6 Å². The first-order chi connectivity index (χ1) is 15.1. The normalized spacial score (nSPS) is 11.5. The molecule has 0 aliphatic rings. The summed E-state index contributed by atoms with van der Waals surface area (Å²) in [5.74, 6) is -0.214. The monoisotopic (exact) mass is 455 g/mol. The number of hydrogen-bond acceptors (Lipinski definition) is 5. The molecule has 2 aromatic carbocycles. The van der Waals surface area contributed by atoms with E-state index in [4.69, 9.17) is 12.2 Å². The number of aromatic amines is 1. The van der Waals surface area contributed by atoms with Crippen molar-refractivity contribution in [2.45, 2.75) is 31.7 Å². The molecule has 1 heterocycles. The molecule has 7 nitrogen and oxygen atoms in total. The van der Waals surface area contributed by atoms with Crippen LogP contribution in [-0.2, 0) is 17.6 Å². The van der Waals surface area contributed by atoms with Crippen LogP contribution in [-0.4, -0.2) is 34.7 Å². The third kappa shape index (κ3) is 7.95. The molecule has 9 heteroatoms. The number of anilines is 1. The van der Waals surface area contributed by atoms with Crippen LogP contribution in [0.3, 0.4) is 0 Å². The van der Waals surface area contributed by atoms with Crippen LogP contribution in [0.5, 0.6) is 0 Å². The molecule has 0 saturated heterocycles. The number of amides is 3. The summed E-state index contributed by atoms with van der Waals surface area (Å²) in [6, 6.07) is 18.6. The molecule has 0 fully saturated rings. The highest BCUT2D eigenvalue weighted by Gasteiger charge is 2.21. The largest absolute Gasteiger partial charge is 0.354 e. The van der Waals surface area contributed by atoms with E-state index < -0.39 is 12.1 Å². The smallest absolute Gasteiger partial charge is 0.321 e. The van der Waals surface area contributed by atoms with Crippen molar-refractivity contribution in [2.24, 2.45) is 0 Å². The first kappa shape index (κ1) is 22.6. The molecule has 1 aromatic heterocycles. The minimum atomic E-state index is -0.705. The van der Waals surface area contributed by atoms with Crippen LogP contribution in [0.1, 0.15) is 24.0 Å². The van der Waals surface area contributed by atoms with Crippen molar-refractivity contribution in [2.75, 3.05) is 11.9 Å². The van der Waals surface area contributed by atoms with Crippen LogP contribution >= 0.6 is 23.6 Å². The molecule has 4 N–H and O–H groups in total. The lowest BCUT2D eigenvalue weighted by molar-refractivity contribution is -0.122. The second kappa shape index (κ2) is 12.0. The Morgan fingerprint density at radius 1 is 1.00 bits per heavy atom. The number of benzene rings is 2. The molecule has 0 spiro atoms. The fraction of sp³-hybridized carbons (Fsp3) is 0.273. The number of H-pyrrole nitrogens is 1. The van der Waals surface area contributed by atoms with Crippen molar-refractivity contribution in [3.05, 3.63) is 75.7 Å². The number of urea groups is 1. The molecule has 3 rings (SSSR count). The Bertz CT molecular complexity index is 1020. The van der Waals surface area contributed by atoms with Gasteiger partial charge >= 0.3 is 6.03 Å². The van der Waals surface area contributed by atoms with Gasteiger partial charge in [0, 0.05) is 13.0 Å². The number of carbonyl (C=O) groups is 2. The number of rotatable bonds is 10. The second-order valence-electron chi connectivity index (χ2n) is 6.99. The summed E-state index contributed by atoms with van der Waals surface area (Å²) in [4.78, 5) is 25.2. The van der Waals surface area contributed by atoms with Crippen molar-refractivity contribution in [3.63, 3.8) is 0 Å². The molecule has 0 unspecified atom stereocenters. The topological polar surface area (TPSA) is 98.9 Å². The summed E-state index contributed by atoms with van der Waals surface area (Å²) in [6.45, 7) is 0.557. The third-order valence-corrected chi connectivity index (χ3v) is 5.60. The minimum absolute atomic E-state index is 0.214. The molecule has 0 radical (unpaired) electrons. The molecule has 0 aliphatic heterocycles. The molecule has 0 saturated carbocycles. The van der Waals surface area contributed by atoms with Gasteiger partial charge in [-0.15, -0.1) is 5.10 Å². The number of nitrogens with one attached hydrogen (secondary N) is 4. The van der Waals surface area contributed by atoms with Crippen LogP contribution in [0, 0.1) is 3.95 Å². The van der Waals surface area contributed by atoms with E-state index in [1.54, 1.807) is 0 Å². The Labute approximate surface area is 190 Å². The maximum absolute atomic E-state index is 12.8. The van der Waals surface area contributed by atoms with Crippen LogP contribution in [0.2, 0.25) is 0 Å². The molecule has 1 atom stereocenters. The SMILES string of the molecule is O=C(Nc1n[nH]c(=S)s1)N[C@@H](Cc1ccccc1)C(=O)NCCCCc1ccccc1. The van der Waals surface area contributed by atoms with Crippen molar-refractivity contribution in [1.82, 2.24) is 20.8 Å². The molecule has 31 heavy (non-hydrogen) atoms. The van der Waals surface area contributed by atoms with Crippen molar-refractivity contribution in [1.29, 1.82) is 0 Å². The second-order valence-corrected chi connectivity index (χ2v) is 8.66. The van der Waals surface area contributed by atoms with Gasteiger partial charge in [0.05, 0.1) is 0 Å². The van der Waals surface area contributed by atoms with E-state index in [1.807, 2.05) is 48.5 Å². The zero-order valence-corrected chi connectivity index (χ0v) is 18.6. The van der Waals surface area contributed by atoms with E-state index in [0.29, 0.717) is 22.1 Å². The Balaban J connectivity index is 1.51. The maximum atomic E-state index is 12.8. The first-order valence-electron chi connectivity index (χ1n) is 10.1. The van der Waals surface area contributed by atoms with Crippen LogP contribution in [0.4, 0.5) is 9.93 Å². The number of carbonyl (C=O) groups excluding carboxylic acids is 2. The van der Waals surface area contributed by atoms with E-state index in [2.05, 4.69) is 38.3 Å². The molecule has 0 bridgehead atoms. The molecule has 3 amide bonds. The van der Waals surface area contributed by atoms with E-state index in [-0.39, 0.29) is 5.91 Å². The zero-order chi connectivity index (χ0) is 21.9. The van der Waals surface area contributed by atoms with Gasteiger partial charge in [-0.1, -0.05) is 72.0 Å². The highest BCUT2D eigenvalue weighted by molar-refractivity contribution is 7.73. The quantitative estimate of drug-likeness (QED) is 0.274. The number of nitrogens with zero attached hydrogens (tertiary/aromatic N) is 1. The van der Waals surface area contributed by atoms with Crippen LogP contribution in [0.25, 0.3) is 0 Å². The van der Waals surface area contributed by atoms with Crippen molar-refractivity contribution in [3.8, 4) is 0 Å². The van der Waals surface area contributed by atoms with Gasteiger partial charge in [-0.2, -0.15) is 0 Å². The Morgan fingerprint density at radius 3 is 2.32 bits per heavy atom. The summed E-state index contributed by atoms with van der Waals surface area (Å²) in [6.07, 6.45) is 3.20.